The third kappa shape index (κ3) is 40.1. The number of carbonyl (C=O) groups is 3. The molecule has 0 aromatic carbocycles. The van der Waals surface area contributed by atoms with Gasteiger partial charge in [0.15, 0.2) is 6.10 Å². The maximum absolute atomic E-state index is 12.6. The molecular weight excluding hydrogens is 661 g/mol. The van der Waals surface area contributed by atoms with Crippen molar-refractivity contribution in [3.8, 4) is 0 Å². The predicted octanol–water partition coefficient (Wildman–Crippen LogP) is 13.7. The molecule has 0 saturated heterocycles. The number of allylic oxidation sites excluding steroid dienone is 10. The van der Waals surface area contributed by atoms with E-state index in [1.165, 1.54) is 96.3 Å². The second kappa shape index (κ2) is 41.9. The van der Waals surface area contributed by atoms with E-state index >= 15 is 0 Å². The van der Waals surface area contributed by atoms with Crippen LogP contribution in [0, 0.1) is 0 Å². The van der Waals surface area contributed by atoms with Crippen LogP contribution in [-0.2, 0) is 28.6 Å². The van der Waals surface area contributed by atoms with Gasteiger partial charge in [-0.05, 0) is 89.9 Å². The summed E-state index contributed by atoms with van der Waals surface area (Å²) >= 11 is 0. The van der Waals surface area contributed by atoms with E-state index in [-0.39, 0.29) is 44.0 Å². The van der Waals surface area contributed by atoms with Crippen molar-refractivity contribution in [2.45, 2.75) is 207 Å². The zero-order valence-corrected chi connectivity index (χ0v) is 34.5. The lowest BCUT2D eigenvalue weighted by Gasteiger charge is -2.18. The Morgan fingerprint density at radius 3 is 1.09 bits per heavy atom. The van der Waals surface area contributed by atoms with Crippen molar-refractivity contribution in [1.29, 1.82) is 0 Å². The summed E-state index contributed by atoms with van der Waals surface area (Å²) in [5.74, 6) is -1.05. The van der Waals surface area contributed by atoms with Gasteiger partial charge in [-0.3, -0.25) is 14.4 Å². The first-order valence-corrected chi connectivity index (χ1v) is 21.8. The van der Waals surface area contributed by atoms with Gasteiger partial charge in [0, 0.05) is 19.3 Å². The Morgan fingerprint density at radius 2 is 0.679 bits per heavy atom. The number of carbonyl (C=O) groups excluding carboxylic acids is 3. The predicted molar refractivity (Wildman–Crippen MR) is 224 cm³/mol. The van der Waals surface area contributed by atoms with Crippen LogP contribution in [0.1, 0.15) is 201 Å². The number of esters is 3. The molecule has 1 atom stereocenters. The lowest BCUT2D eigenvalue weighted by atomic mass is 10.1. The molecule has 0 spiro atoms. The first-order valence-electron chi connectivity index (χ1n) is 21.8. The standard InChI is InChI=1S/C47H80O6/c1-4-7-10-13-16-19-20-21-22-23-24-25-26-29-31-34-37-40-46(49)52-43-44(53-47(50)41-38-35-32-28-18-15-12-9-6-3)42-51-45(48)39-36-33-30-27-17-14-11-8-5-2/h21-22,24-25,27-32,44H,4-20,23,26,33-43H2,1-3H3/b22-21-,25-24-,30-27-,31-29-,32-28-. The molecule has 0 N–H and O–H groups in total. The largest absolute Gasteiger partial charge is 0.462 e. The van der Waals surface area contributed by atoms with Gasteiger partial charge in [0.2, 0.25) is 0 Å². The summed E-state index contributed by atoms with van der Waals surface area (Å²) < 4.78 is 16.5. The Kier molecular flexibility index (Phi) is 39.6. The van der Waals surface area contributed by atoms with Crippen LogP contribution in [0.2, 0.25) is 0 Å². The van der Waals surface area contributed by atoms with Crippen molar-refractivity contribution in [1.82, 2.24) is 0 Å². The molecule has 0 bridgehead atoms. The number of unbranched alkanes of at least 4 members (excludes halogenated alkanes) is 17. The van der Waals surface area contributed by atoms with Crippen molar-refractivity contribution in [2.75, 3.05) is 13.2 Å². The van der Waals surface area contributed by atoms with Gasteiger partial charge in [-0.15, -0.1) is 0 Å². The Hall–Kier alpha value is -2.89. The third-order valence-corrected chi connectivity index (χ3v) is 8.96. The van der Waals surface area contributed by atoms with Crippen LogP contribution >= 0.6 is 0 Å². The fraction of sp³-hybridized carbons (Fsp3) is 0.723. The number of ether oxygens (including phenoxy) is 3. The van der Waals surface area contributed by atoms with Crippen molar-refractivity contribution < 1.29 is 28.6 Å². The third-order valence-electron chi connectivity index (χ3n) is 8.96. The topological polar surface area (TPSA) is 78.9 Å². The van der Waals surface area contributed by atoms with Crippen LogP contribution in [0.15, 0.2) is 60.8 Å². The highest BCUT2D eigenvalue weighted by Gasteiger charge is 2.19. The van der Waals surface area contributed by atoms with Crippen LogP contribution in [0.4, 0.5) is 0 Å². The molecule has 53 heavy (non-hydrogen) atoms. The highest BCUT2D eigenvalue weighted by Crippen LogP contribution is 2.10. The van der Waals surface area contributed by atoms with Gasteiger partial charge >= 0.3 is 17.9 Å². The van der Waals surface area contributed by atoms with Crippen molar-refractivity contribution >= 4 is 17.9 Å². The zero-order valence-electron chi connectivity index (χ0n) is 34.5. The minimum absolute atomic E-state index is 0.117. The molecule has 0 aliphatic rings. The second-order valence-corrected chi connectivity index (χ2v) is 14.2. The van der Waals surface area contributed by atoms with Gasteiger partial charge in [-0.25, -0.2) is 0 Å². The lowest BCUT2D eigenvalue weighted by Crippen LogP contribution is -2.30. The molecule has 6 heteroatoms. The first kappa shape index (κ1) is 50.1. The van der Waals surface area contributed by atoms with E-state index in [0.29, 0.717) is 25.7 Å². The van der Waals surface area contributed by atoms with Crippen LogP contribution < -0.4 is 0 Å². The van der Waals surface area contributed by atoms with Gasteiger partial charge in [-0.1, -0.05) is 152 Å². The molecule has 0 aromatic heterocycles. The average molecular weight is 741 g/mol. The van der Waals surface area contributed by atoms with Gasteiger partial charge in [0.25, 0.3) is 0 Å². The molecule has 0 aromatic rings. The molecule has 6 nitrogen and oxygen atoms in total. The van der Waals surface area contributed by atoms with Crippen LogP contribution in [0.25, 0.3) is 0 Å². The molecule has 0 rings (SSSR count). The Morgan fingerprint density at radius 1 is 0.377 bits per heavy atom. The molecule has 0 saturated carbocycles. The molecule has 0 radical (unpaired) electrons. The summed E-state index contributed by atoms with van der Waals surface area (Å²) in [4.78, 5) is 37.5. The Bertz CT molecular complexity index is 991. The molecule has 0 amide bonds. The minimum atomic E-state index is -0.815. The summed E-state index contributed by atoms with van der Waals surface area (Å²) in [5, 5.41) is 0. The second-order valence-electron chi connectivity index (χ2n) is 14.2. The summed E-state index contributed by atoms with van der Waals surface area (Å²) in [5.41, 5.74) is 0. The van der Waals surface area contributed by atoms with Crippen LogP contribution in [0.3, 0.4) is 0 Å². The molecular formula is C47H80O6. The zero-order chi connectivity index (χ0) is 38.7. The highest BCUT2D eigenvalue weighted by molar-refractivity contribution is 5.71. The molecule has 0 aliphatic carbocycles. The highest BCUT2D eigenvalue weighted by atomic mass is 16.6. The van der Waals surface area contributed by atoms with Gasteiger partial charge < -0.3 is 14.2 Å². The monoisotopic (exact) mass is 741 g/mol. The van der Waals surface area contributed by atoms with Gasteiger partial charge in [0.1, 0.15) is 13.2 Å². The minimum Gasteiger partial charge on any atom is -0.462 e. The summed E-state index contributed by atoms with van der Waals surface area (Å²) in [6.45, 7) is 6.44. The molecule has 0 heterocycles. The molecule has 304 valence electrons. The Balaban J connectivity index is 4.45. The quantitative estimate of drug-likeness (QED) is 0.0271. The summed E-state index contributed by atoms with van der Waals surface area (Å²) in [7, 11) is 0. The van der Waals surface area contributed by atoms with Gasteiger partial charge in [0.05, 0.1) is 0 Å². The maximum Gasteiger partial charge on any atom is 0.306 e. The number of hydrogen-bond donors (Lipinski definition) is 0. The van der Waals surface area contributed by atoms with E-state index < -0.39 is 6.10 Å². The van der Waals surface area contributed by atoms with E-state index in [1.54, 1.807) is 0 Å². The van der Waals surface area contributed by atoms with Crippen molar-refractivity contribution in [2.24, 2.45) is 0 Å². The van der Waals surface area contributed by atoms with Crippen LogP contribution in [-0.4, -0.2) is 37.2 Å². The van der Waals surface area contributed by atoms with Crippen LogP contribution in [0.5, 0.6) is 0 Å². The summed E-state index contributed by atoms with van der Waals surface area (Å²) in [6, 6.07) is 0. The van der Waals surface area contributed by atoms with E-state index in [0.717, 1.165) is 44.9 Å². The normalized spacial score (nSPS) is 12.6. The van der Waals surface area contributed by atoms with E-state index in [2.05, 4.69) is 81.5 Å². The molecule has 0 fully saturated rings. The van der Waals surface area contributed by atoms with Crippen molar-refractivity contribution in [3.63, 3.8) is 0 Å². The molecule has 0 aliphatic heterocycles. The van der Waals surface area contributed by atoms with Gasteiger partial charge in [-0.2, -0.15) is 0 Å². The van der Waals surface area contributed by atoms with Crippen molar-refractivity contribution in [3.05, 3.63) is 60.8 Å². The fourth-order valence-electron chi connectivity index (χ4n) is 5.64. The number of hydrogen-bond acceptors (Lipinski definition) is 6. The van der Waals surface area contributed by atoms with E-state index in [1.807, 2.05) is 0 Å². The van der Waals surface area contributed by atoms with E-state index in [4.69, 9.17) is 14.2 Å². The molecule has 1 unspecified atom stereocenters. The SMILES string of the molecule is CCCCCC/C=C\CCCC(=O)OCC(COC(=O)CCC/C=C\C/C=C\C/C=C\CCCCCCCC)OC(=O)CCC/C=C\CCCCCC. The van der Waals surface area contributed by atoms with E-state index in [9.17, 15) is 14.4 Å². The smallest absolute Gasteiger partial charge is 0.306 e. The summed E-state index contributed by atoms with van der Waals surface area (Å²) in [6.07, 6.45) is 49.5. The fourth-order valence-corrected chi connectivity index (χ4v) is 5.64. The first-order chi connectivity index (χ1) is 26.0. The Labute approximate surface area is 326 Å². The average Bonchev–Trinajstić information content (AvgIpc) is 3.15. The lowest BCUT2D eigenvalue weighted by molar-refractivity contribution is -0.166. The maximum atomic E-state index is 12.6. The number of rotatable bonds is 38.